The Kier molecular flexibility index (Phi) is 3.58. The molecule has 2 atom stereocenters. The Balaban J connectivity index is 1.73. The quantitative estimate of drug-likeness (QED) is 0.775. The number of carbonyl (C=O) groups is 2. The fourth-order valence-electron chi connectivity index (χ4n) is 3.10. The third-order valence-corrected chi connectivity index (χ3v) is 4.60. The minimum atomic E-state index is -1.01. The number of hydrogen-bond acceptors (Lipinski definition) is 4. The van der Waals surface area contributed by atoms with Crippen LogP contribution in [0.2, 0.25) is 5.02 Å². The van der Waals surface area contributed by atoms with Crippen LogP contribution in [0.25, 0.3) is 0 Å². The first kappa shape index (κ1) is 15.8. The monoisotopic (exact) mass is 358 g/mol. The molecule has 0 N–H and O–H groups in total. The smallest absolute Gasteiger partial charge is 0.278 e. The van der Waals surface area contributed by atoms with E-state index in [1.54, 1.807) is 25.1 Å². The van der Waals surface area contributed by atoms with Gasteiger partial charge < -0.3 is 4.84 Å². The number of imide groups is 1. The highest BCUT2D eigenvalue weighted by Gasteiger charge is 2.56. The van der Waals surface area contributed by atoms with Crippen molar-refractivity contribution in [3.8, 4) is 0 Å². The lowest BCUT2D eigenvalue weighted by atomic mass is 9.94. The van der Waals surface area contributed by atoms with Gasteiger partial charge in [0.05, 0.1) is 5.69 Å². The van der Waals surface area contributed by atoms with E-state index < -0.39 is 29.7 Å². The van der Waals surface area contributed by atoms with E-state index in [0.717, 1.165) is 10.5 Å². The summed E-state index contributed by atoms with van der Waals surface area (Å²) < 4.78 is 13.1. The van der Waals surface area contributed by atoms with E-state index in [1.165, 1.54) is 24.3 Å². The molecule has 2 aliphatic heterocycles. The van der Waals surface area contributed by atoms with E-state index in [9.17, 15) is 14.0 Å². The number of halogens is 2. The van der Waals surface area contributed by atoms with Crippen LogP contribution in [0.4, 0.5) is 10.1 Å². The van der Waals surface area contributed by atoms with Crippen LogP contribution in [0.1, 0.15) is 11.1 Å². The van der Waals surface area contributed by atoms with Crippen LogP contribution in [0.5, 0.6) is 0 Å². The average molecular weight is 359 g/mol. The second kappa shape index (κ2) is 5.67. The first-order valence-electron chi connectivity index (χ1n) is 7.61. The van der Waals surface area contributed by atoms with E-state index in [-0.39, 0.29) is 0 Å². The van der Waals surface area contributed by atoms with Crippen molar-refractivity contribution in [2.24, 2.45) is 11.1 Å². The molecular formula is C18H12ClFN2O3. The van der Waals surface area contributed by atoms with Crippen LogP contribution in [0.3, 0.4) is 0 Å². The molecule has 0 saturated carbocycles. The topological polar surface area (TPSA) is 59.0 Å². The molecule has 1 saturated heterocycles. The van der Waals surface area contributed by atoms with Gasteiger partial charge in [-0.15, -0.1) is 0 Å². The first-order chi connectivity index (χ1) is 12.0. The molecule has 5 nitrogen and oxygen atoms in total. The van der Waals surface area contributed by atoms with Gasteiger partial charge in [0.25, 0.3) is 5.91 Å². The molecule has 2 heterocycles. The molecule has 1 fully saturated rings. The Bertz CT molecular complexity index is 926. The molecule has 0 aliphatic carbocycles. The van der Waals surface area contributed by atoms with Gasteiger partial charge in [-0.1, -0.05) is 35.0 Å². The van der Waals surface area contributed by atoms with Crippen molar-refractivity contribution in [3.63, 3.8) is 0 Å². The van der Waals surface area contributed by atoms with Crippen molar-refractivity contribution >= 4 is 34.8 Å². The molecule has 7 heteroatoms. The van der Waals surface area contributed by atoms with Gasteiger partial charge in [-0.2, -0.15) is 0 Å². The molecule has 126 valence electrons. The standard InChI is InChI=1S/C18H12ClFN2O3/c1-9-2-5-11(19)8-13(9)22-17(23)14-15(21-25-16(14)18(22)24)10-3-6-12(20)7-4-10/h2-8,14,16H,1H3/t14-,16-/m1/s1. The van der Waals surface area contributed by atoms with Crippen molar-refractivity contribution in [1.29, 1.82) is 0 Å². The molecule has 2 amide bonds. The predicted octanol–water partition coefficient (Wildman–Crippen LogP) is 3.08. The predicted molar refractivity (Wildman–Crippen MR) is 90.0 cm³/mol. The zero-order chi connectivity index (χ0) is 17.7. The number of fused-ring (bicyclic) bond motifs is 1. The summed E-state index contributed by atoms with van der Waals surface area (Å²) in [7, 11) is 0. The van der Waals surface area contributed by atoms with E-state index in [0.29, 0.717) is 22.0 Å². The number of amides is 2. The minimum absolute atomic E-state index is 0.325. The fourth-order valence-corrected chi connectivity index (χ4v) is 3.26. The summed E-state index contributed by atoms with van der Waals surface area (Å²) >= 11 is 6.01. The van der Waals surface area contributed by atoms with E-state index in [1.807, 2.05) is 0 Å². The Hall–Kier alpha value is -2.73. The molecule has 0 radical (unpaired) electrons. The summed E-state index contributed by atoms with van der Waals surface area (Å²) in [6.45, 7) is 1.79. The lowest BCUT2D eigenvalue weighted by Gasteiger charge is -2.18. The average Bonchev–Trinajstić information content (AvgIpc) is 3.12. The molecule has 2 aliphatic rings. The normalized spacial score (nSPS) is 22.0. The number of benzene rings is 2. The second-order valence-corrected chi connectivity index (χ2v) is 6.37. The lowest BCUT2D eigenvalue weighted by molar-refractivity contribution is -0.126. The maximum Gasteiger partial charge on any atom is 0.278 e. The largest absolute Gasteiger partial charge is 0.381 e. The van der Waals surface area contributed by atoms with Crippen molar-refractivity contribution in [1.82, 2.24) is 0 Å². The number of oxime groups is 1. The van der Waals surface area contributed by atoms with Gasteiger partial charge in [0.15, 0.2) is 0 Å². The van der Waals surface area contributed by atoms with Crippen molar-refractivity contribution < 1.29 is 18.8 Å². The van der Waals surface area contributed by atoms with Crippen LogP contribution >= 0.6 is 11.6 Å². The number of rotatable bonds is 2. The lowest BCUT2D eigenvalue weighted by Crippen LogP contribution is -2.33. The molecule has 0 spiro atoms. The first-order valence-corrected chi connectivity index (χ1v) is 7.99. The van der Waals surface area contributed by atoms with Gasteiger partial charge in [0, 0.05) is 10.6 Å². The molecule has 25 heavy (non-hydrogen) atoms. The summed E-state index contributed by atoms with van der Waals surface area (Å²) in [5, 5.41) is 4.31. The number of anilines is 1. The van der Waals surface area contributed by atoms with Crippen LogP contribution < -0.4 is 4.90 Å². The molecule has 0 unspecified atom stereocenters. The number of nitrogens with zero attached hydrogens (tertiary/aromatic N) is 2. The van der Waals surface area contributed by atoms with E-state index in [4.69, 9.17) is 16.4 Å². The Morgan fingerprint density at radius 2 is 1.84 bits per heavy atom. The Morgan fingerprint density at radius 3 is 2.56 bits per heavy atom. The van der Waals surface area contributed by atoms with Crippen LogP contribution in [0, 0.1) is 18.7 Å². The summed E-state index contributed by atoms with van der Waals surface area (Å²) in [6, 6.07) is 10.5. The zero-order valence-electron chi connectivity index (χ0n) is 13.1. The summed E-state index contributed by atoms with van der Waals surface area (Å²) in [5.41, 5.74) is 2.04. The highest BCUT2D eigenvalue weighted by atomic mass is 35.5. The van der Waals surface area contributed by atoms with Crippen LogP contribution in [-0.2, 0) is 14.4 Å². The third kappa shape index (κ3) is 2.41. The summed E-state index contributed by atoms with van der Waals surface area (Å²) in [5.74, 6) is -2.16. The SMILES string of the molecule is Cc1ccc(Cl)cc1N1C(=O)[C@@H]2C(c3ccc(F)cc3)=NO[C@H]2C1=O. The maximum atomic E-state index is 13.1. The van der Waals surface area contributed by atoms with Crippen molar-refractivity contribution in [2.75, 3.05) is 4.90 Å². The summed E-state index contributed by atoms with van der Waals surface area (Å²) in [6.07, 6.45) is -1.01. The number of carbonyl (C=O) groups excluding carboxylic acids is 2. The van der Waals surface area contributed by atoms with Crippen LogP contribution in [-0.4, -0.2) is 23.6 Å². The van der Waals surface area contributed by atoms with E-state index >= 15 is 0 Å². The Morgan fingerprint density at radius 1 is 1.12 bits per heavy atom. The van der Waals surface area contributed by atoms with Gasteiger partial charge in [0.2, 0.25) is 12.0 Å². The molecular weight excluding hydrogens is 347 g/mol. The van der Waals surface area contributed by atoms with Gasteiger partial charge in [-0.05, 0) is 36.8 Å². The molecule has 0 aromatic heterocycles. The highest BCUT2D eigenvalue weighted by molar-refractivity contribution is 6.34. The third-order valence-electron chi connectivity index (χ3n) is 4.36. The molecule has 2 aromatic rings. The fraction of sp³-hybridized carbons (Fsp3) is 0.167. The van der Waals surface area contributed by atoms with Gasteiger partial charge in [0.1, 0.15) is 17.4 Å². The van der Waals surface area contributed by atoms with Gasteiger partial charge in [-0.25, -0.2) is 9.29 Å². The molecule has 0 bridgehead atoms. The highest BCUT2D eigenvalue weighted by Crippen LogP contribution is 2.37. The van der Waals surface area contributed by atoms with Gasteiger partial charge >= 0.3 is 0 Å². The minimum Gasteiger partial charge on any atom is -0.381 e. The summed E-state index contributed by atoms with van der Waals surface area (Å²) in [4.78, 5) is 32.0. The van der Waals surface area contributed by atoms with Gasteiger partial charge in [-0.3, -0.25) is 9.59 Å². The van der Waals surface area contributed by atoms with Crippen LogP contribution in [0.15, 0.2) is 47.6 Å². The van der Waals surface area contributed by atoms with Crippen molar-refractivity contribution in [2.45, 2.75) is 13.0 Å². The second-order valence-electron chi connectivity index (χ2n) is 5.93. The number of hydrogen-bond donors (Lipinski definition) is 0. The molecule has 4 rings (SSSR count). The maximum absolute atomic E-state index is 13.1. The van der Waals surface area contributed by atoms with Crippen molar-refractivity contribution in [3.05, 3.63) is 64.4 Å². The molecule has 2 aromatic carbocycles. The number of aryl methyl sites for hydroxylation is 1. The Labute approximate surface area is 147 Å². The van der Waals surface area contributed by atoms with E-state index in [2.05, 4.69) is 5.16 Å². The zero-order valence-corrected chi connectivity index (χ0v) is 13.8.